The molecule has 0 aliphatic carbocycles. The van der Waals surface area contributed by atoms with Crippen LogP contribution in [-0.4, -0.2) is 10.1 Å². The summed E-state index contributed by atoms with van der Waals surface area (Å²) in [5.74, 6) is 2.24. The third-order valence-electron chi connectivity index (χ3n) is 2.62. The molecule has 1 rings (SSSR count). The number of nitrogens with zero attached hydrogens (tertiary/aromatic N) is 2. The van der Waals surface area contributed by atoms with Crippen molar-refractivity contribution in [2.24, 2.45) is 17.6 Å². The molecule has 2 N–H and O–H groups in total. The fraction of sp³-hybridized carbons (Fsp3) is 0.818. The van der Waals surface area contributed by atoms with Gasteiger partial charge in [-0.15, -0.1) is 0 Å². The van der Waals surface area contributed by atoms with Crippen molar-refractivity contribution in [3.8, 4) is 0 Å². The minimum absolute atomic E-state index is 0.136. The molecule has 1 aromatic heterocycles. The van der Waals surface area contributed by atoms with Gasteiger partial charge in [-0.3, -0.25) is 0 Å². The summed E-state index contributed by atoms with van der Waals surface area (Å²) < 4.78 is 5.16. The summed E-state index contributed by atoms with van der Waals surface area (Å²) in [7, 11) is 0. The second kappa shape index (κ2) is 5.26. The number of aromatic nitrogens is 2. The van der Waals surface area contributed by atoms with Gasteiger partial charge in [-0.2, -0.15) is 4.98 Å². The predicted molar refractivity (Wildman–Crippen MR) is 59.2 cm³/mol. The lowest BCUT2D eigenvalue weighted by Gasteiger charge is -2.12. The highest BCUT2D eigenvalue weighted by atomic mass is 16.5. The predicted octanol–water partition coefficient (Wildman–Crippen LogP) is 2.31. The van der Waals surface area contributed by atoms with Gasteiger partial charge in [0.25, 0.3) is 0 Å². The molecule has 0 aliphatic heterocycles. The highest BCUT2D eigenvalue weighted by Gasteiger charge is 2.19. The van der Waals surface area contributed by atoms with Crippen LogP contribution in [-0.2, 0) is 6.42 Å². The second-order valence-electron chi connectivity index (χ2n) is 4.56. The average molecular weight is 211 g/mol. The maximum Gasteiger partial charge on any atom is 0.243 e. The van der Waals surface area contributed by atoms with E-state index in [1.807, 2.05) is 0 Å². The first-order chi connectivity index (χ1) is 7.04. The van der Waals surface area contributed by atoms with Gasteiger partial charge < -0.3 is 10.3 Å². The van der Waals surface area contributed by atoms with Gasteiger partial charge in [-0.25, -0.2) is 0 Å². The SMILES string of the molecule is CCC(C)C(N)c1nc(CC(C)C)no1. The standard InChI is InChI=1S/C11H21N3O/c1-5-8(4)10(12)11-13-9(14-15-11)6-7(2)3/h7-8,10H,5-6,12H2,1-4H3. The molecule has 86 valence electrons. The Kier molecular flexibility index (Phi) is 4.27. The van der Waals surface area contributed by atoms with Crippen molar-refractivity contribution in [3.63, 3.8) is 0 Å². The summed E-state index contributed by atoms with van der Waals surface area (Å²) in [4.78, 5) is 4.32. The Balaban J connectivity index is 2.66. The maximum atomic E-state index is 6.00. The van der Waals surface area contributed by atoms with E-state index in [4.69, 9.17) is 10.3 Å². The van der Waals surface area contributed by atoms with E-state index in [0.29, 0.717) is 17.7 Å². The Bertz CT molecular complexity index is 296. The van der Waals surface area contributed by atoms with Gasteiger partial charge in [0, 0.05) is 6.42 Å². The van der Waals surface area contributed by atoms with E-state index < -0.39 is 0 Å². The normalized spacial score (nSPS) is 15.6. The van der Waals surface area contributed by atoms with Crippen LogP contribution >= 0.6 is 0 Å². The first kappa shape index (κ1) is 12.2. The van der Waals surface area contributed by atoms with Crippen molar-refractivity contribution < 1.29 is 4.52 Å². The van der Waals surface area contributed by atoms with E-state index in [9.17, 15) is 0 Å². The third-order valence-corrected chi connectivity index (χ3v) is 2.62. The van der Waals surface area contributed by atoms with Crippen LogP contribution in [0.1, 0.15) is 51.9 Å². The molecule has 0 saturated carbocycles. The van der Waals surface area contributed by atoms with Crippen molar-refractivity contribution in [1.82, 2.24) is 10.1 Å². The molecule has 0 spiro atoms. The summed E-state index contributed by atoms with van der Waals surface area (Å²) in [5, 5.41) is 3.93. The molecule has 4 heteroatoms. The third kappa shape index (κ3) is 3.30. The molecule has 1 heterocycles. The molecule has 0 aromatic carbocycles. The fourth-order valence-electron chi connectivity index (χ4n) is 1.35. The van der Waals surface area contributed by atoms with Crippen LogP contribution in [0.25, 0.3) is 0 Å². The first-order valence-electron chi connectivity index (χ1n) is 5.62. The van der Waals surface area contributed by atoms with Gasteiger partial charge >= 0.3 is 0 Å². The first-order valence-corrected chi connectivity index (χ1v) is 5.62. The van der Waals surface area contributed by atoms with Crippen LogP contribution in [0.15, 0.2) is 4.52 Å². The molecular formula is C11H21N3O. The highest BCUT2D eigenvalue weighted by Crippen LogP contribution is 2.20. The molecular weight excluding hydrogens is 190 g/mol. The smallest absolute Gasteiger partial charge is 0.243 e. The minimum Gasteiger partial charge on any atom is -0.338 e. The van der Waals surface area contributed by atoms with Gasteiger partial charge in [-0.05, 0) is 11.8 Å². The van der Waals surface area contributed by atoms with Crippen molar-refractivity contribution in [3.05, 3.63) is 11.7 Å². The van der Waals surface area contributed by atoms with Crippen LogP contribution in [0.3, 0.4) is 0 Å². The lowest BCUT2D eigenvalue weighted by Crippen LogP contribution is -2.18. The Hall–Kier alpha value is -0.900. The van der Waals surface area contributed by atoms with Gasteiger partial charge in [0.2, 0.25) is 5.89 Å². The number of hydrogen-bond acceptors (Lipinski definition) is 4. The Morgan fingerprint density at radius 2 is 2.00 bits per heavy atom. The van der Waals surface area contributed by atoms with Crippen molar-refractivity contribution >= 4 is 0 Å². The summed E-state index contributed by atoms with van der Waals surface area (Å²) in [5.41, 5.74) is 6.00. The van der Waals surface area contributed by atoms with E-state index in [1.54, 1.807) is 0 Å². The molecule has 0 radical (unpaired) electrons. The summed E-state index contributed by atoms with van der Waals surface area (Å²) in [6.45, 7) is 8.46. The molecule has 0 amide bonds. The second-order valence-corrected chi connectivity index (χ2v) is 4.56. The lowest BCUT2D eigenvalue weighted by molar-refractivity contribution is 0.310. The molecule has 0 aliphatic rings. The zero-order chi connectivity index (χ0) is 11.4. The van der Waals surface area contributed by atoms with Crippen LogP contribution in [0.2, 0.25) is 0 Å². The monoisotopic (exact) mass is 211 g/mol. The van der Waals surface area contributed by atoms with Gasteiger partial charge in [0.05, 0.1) is 6.04 Å². The summed E-state index contributed by atoms with van der Waals surface area (Å²) in [6, 6.07) is -0.136. The van der Waals surface area contributed by atoms with E-state index in [-0.39, 0.29) is 6.04 Å². The van der Waals surface area contributed by atoms with Gasteiger partial charge in [0.1, 0.15) is 0 Å². The molecule has 15 heavy (non-hydrogen) atoms. The zero-order valence-electron chi connectivity index (χ0n) is 10.0. The average Bonchev–Trinajstić information content (AvgIpc) is 2.63. The fourth-order valence-corrected chi connectivity index (χ4v) is 1.35. The zero-order valence-corrected chi connectivity index (χ0v) is 10.0. The molecule has 2 atom stereocenters. The molecule has 1 aromatic rings. The quantitative estimate of drug-likeness (QED) is 0.811. The van der Waals surface area contributed by atoms with Crippen molar-refractivity contribution in [2.75, 3.05) is 0 Å². The number of rotatable bonds is 5. The van der Waals surface area contributed by atoms with Crippen molar-refractivity contribution in [1.29, 1.82) is 0 Å². The Morgan fingerprint density at radius 3 is 2.53 bits per heavy atom. The molecule has 0 saturated heterocycles. The molecule has 2 unspecified atom stereocenters. The molecule has 4 nitrogen and oxygen atoms in total. The van der Waals surface area contributed by atoms with Crippen LogP contribution in [0.4, 0.5) is 0 Å². The minimum atomic E-state index is -0.136. The summed E-state index contributed by atoms with van der Waals surface area (Å²) >= 11 is 0. The summed E-state index contributed by atoms with van der Waals surface area (Å²) in [6.07, 6.45) is 1.86. The highest BCUT2D eigenvalue weighted by molar-refractivity contribution is 4.94. The number of hydrogen-bond donors (Lipinski definition) is 1. The topological polar surface area (TPSA) is 64.9 Å². The Morgan fingerprint density at radius 1 is 1.33 bits per heavy atom. The maximum absolute atomic E-state index is 6.00. The van der Waals surface area contributed by atoms with Crippen LogP contribution in [0, 0.1) is 11.8 Å². The molecule has 0 bridgehead atoms. The van der Waals surface area contributed by atoms with E-state index >= 15 is 0 Å². The van der Waals surface area contributed by atoms with E-state index in [2.05, 4.69) is 37.8 Å². The van der Waals surface area contributed by atoms with Crippen LogP contribution < -0.4 is 5.73 Å². The van der Waals surface area contributed by atoms with Gasteiger partial charge in [-0.1, -0.05) is 39.3 Å². The van der Waals surface area contributed by atoms with Crippen LogP contribution in [0.5, 0.6) is 0 Å². The van der Waals surface area contributed by atoms with E-state index in [1.165, 1.54) is 0 Å². The van der Waals surface area contributed by atoms with E-state index in [0.717, 1.165) is 18.7 Å². The largest absolute Gasteiger partial charge is 0.338 e. The lowest BCUT2D eigenvalue weighted by atomic mass is 10.0. The van der Waals surface area contributed by atoms with Gasteiger partial charge in [0.15, 0.2) is 5.82 Å². The molecule has 0 fully saturated rings. The number of nitrogens with two attached hydrogens (primary N) is 1. The Labute approximate surface area is 91.2 Å². The van der Waals surface area contributed by atoms with Crippen molar-refractivity contribution in [2.45, 2.75) is 46.6 Å².